The first kappa shape index (κ1) is 19.3. The van der Waals surface area contributed by atoms with E-state index in [0.29, 0.717) is 35.3 Å². The second kappa shape index (κ2) is 9.46. The lowest BCUT2D eigenvalue weighted by Crippen LogP contribution is -2.21. The molecule has 1 amide bonds. The Bertz CT molecular complexity index is 757. The molecule has 0 heterocycles. The van der Waals surface area contributed by atoms with Gasteiger partial charge in [-0.1, -0.05) is 32.0 Å². The smallest absolute Gasteiger partial charge is 0.338 e. The Hall–Kier alpha value is -3.02. The molecule has 2 aromatic carbocycles. The Morgan fingerprint density at radius 3 is 2.58 bits per heavy atom. The quantitative estimate of drug-likeness (QED) is 0.732. The van der Waals surface area contributed by atoms with Crippen molar-refractivity contribution in [3.8, 4) is 11.5 Å². The van der Waals surface area contributed by atoms with Crippen LogP contribution in [0.15, 0.2) is 48.5 Å². The van der Waals surface area contributed by atoms with E-state index >= 15 is 0 Å². The number of methoxy groups -OCH3 is 1. The van der Waals surface area contributed by atoms with Gasteiger partial charge in [-0.15, -0.1) is 0 Å². The summed E-state index contributed by atoms with van der Waals surface area (Å²) in [7, 11) is 1.51. The molecule has 0 saturated carbocycles. The monoisotopic (exact) mass is 357 g/mol. The van der Waals surface area contributed by atoms with Gasteiger partial charge in [0.25, 0.3) is 5.91 Å². The number of para-hydroxylation sites is 2. The van der Waals surface area contributed by atoms with Gasteiger partial charge in [-0.3, -0.25) is 4.79 Å². The first-order valence-corrected chi connectivity index (χ1v) is 8.32. The molecule has 1 N–H and O–H groups in total. The third-order valence-corrected chi connectivity index (χ3v) is 3.37. The molecule has 0 aliphatic carbocycles. The highest BCUT2D eigenvalue weighted by atomic mass is 16.5. The van der Waals surface area contributed by atoms with Gasteiger partial charge in [0.15, 0.2) is 6.61 Å². The van der Waals surface area contributed by atoms with Crippen LogP contribution in [0.5, 0.6) is 11.5 Å². The van der Waals surface area contributed by atoms with E-state index in [4.69, 9.17) is 14.2 Å². The first-order chi connectivity index (χ1) is 12.5. The van der Waals surface area contributed by atoms with E-state index in [0.717, 1.165) is 0 Å². The van der Waals surface area contributed by atoms with Crippen LogP contribution in [0.3, 0.4) is 0 Å². The van der Waals surface area contributed by atoms with Gasteiger partial charge in [-0.05, 0) is 36.2 Å². The van der Waals surface area contributed by atoms with Crippen molar-refractivity contribution in [3.05, 3.63) is 54.1 Å². The van der Waals surface area contributed by atoms with Crippen molar-refractivity contribution >= 4 is 17.6 Å². The molecule has 2 aromatic rings. The lowest BCUT2D eigenvalue weighted by atomic mass is 10.2. The second-order valence-electron chi connectivity index (χ2n) is 6.06. The number of hydrogen-bond acceptors (Lipinski definition) is 5. The van der Waals surface area contributed by atoms with Crippen LogP contribution in [0.1, 0.15) is 24.2 Å². The molecular weight excluding hydrogens is 334 g/mol. The molecule has 0 saturated heterocycles. The standard InChI is InChI=1S/C20H23NO5/c1-14(2)12-25-16-8-6-7-15(11-16)20(23)26-13-19(22)21-17-9-4-5-10-18(17)24-3/h4-11,14H,12-13H2,1-3H3,(H,21,22). The summed E-state index contributed by atoms with van der Waals surface area (Å²) in [6.07, 6.45) is 0. The van der Waals surface area contributed by atoms with E-state index < -0.39 is 18.5 Å². The number of rotatable bonds is 8. The number of benzene rings is 2. The van der Waals surface area contributed by atoms with Gasteiger partial charge in [0.1, 0.15) is 11.5 Å². The molecule has 0 radical (unpaired) electrons. The molecule has 6 heteroatoms. The molecule has 0 unspecified atom stereocenters. The fourth-order valence-corrected chi connectivity index (χ4v) is 2.12. The maximum absolute atomic E-state index is 12.1. The molecule has 0 bridgehead atoms. The highest BCUT2D eigenvalue weighted by Crippen LogP contribution is 2.22. The summed E-state index contributed by atoms with van der Waals surface area (Å²) in [6, 6.07) is 13.7. The largest absolute Gasteiger partial charge is 0.495 e. The van der Waals surface area contributed by atoms with Gasteiger partial charge in [-0.25, -0.2) is 4.79 Å². The zero-order chi connectivity index (χ0) is 18.9. The molecule has 2 rings (SSSR count). The van der Waals surface area contributed by atoms with Gasteiger partial charge in [0, 0.05) is 0 Å². The normalized spacial score (nSPS) is 10.3. The minimum atomic E-state index is -0.588. The molecule has 6 nitrogen and oxygen atoms in total. The molecule has 138 valence electrons. The van der Waals surface area contributed by atoms with Gasteiger partial charge >= 0.3 is 5.97 Å². The third-order valence-electron chi connectivity index (χ3n) is 3.37. The Kier molecular flexibility index (Phi) is 7.02. The van der Waals surface area contributed by atoms with Crippen LogP contribution >= 0.6 is 0 Å². The predicted octanol–water partition coefficient (Wildman–Crippen LogP) is 3.53. The van der Waals surface area contributed by atoms with Crippen molar-refractivity contribution in [1.82, 2.24) is 0 Å². The average molecular weight is 357 g/mol. The number of anilines is 1. The highest BCUT2D eigenvalue weighted by molar-refractivity contribution is 5.96. The predicted molar refractivity (Wildman–Crippen MR) is 98.7 cm³/mol. The summed E-state index contributed by atoms with van der Waals surface area (Å²) in [5.41, 5.74) is 0.844. The molecule has 0 aliphatic heterocycles. The van der Waals surface area contributed by atoms with Crippen molar-refractivity contribution in [2.24, 2.45) is 5.92 Å². The van der Waals surface area contributed by atoms with Crippen LogP contribution < -0.4 is 14.8 Å². The van der Waals surface area contributed by atoms with Crippen LogP contribution in [-0.2, 0) is 9.53 Å². The van der Waals surface area contributed by atoms with Gasteiger partial charge in [0.2, 0.25) is 0 Å². The van der Waals surface area contributed by atoms with E-state index in [1.165, 1.54) is 7.11 Å². The SMILES string of the molecule is COc1ccccc1NC(=O)COC(=O)c1cccc(OCC(C)C)c1. The topological polar surface area (TPSA) is 73.9 Å². The van der Waals surface area contributed by atoms with Crippen LogP contribution in [0, 0.1) is 5.92 Å². The molecular formula is C20H23NO5. The Labute approximate surface area is 153 Å². The van der Waals surface area contributed by atoms with Crippen LogP contribution in [0.4, 0.5) is 5.69 Å². The summed E-state index contributed by atoms with van der Waals surface area (Å²) >= 11 is 0. The molecule has 0 spiro atoms. The maximum atomic E-state index is 12.1. The van der Waals surface area contributed by atoms with E-state index in [9.17, 15) is 9.59 Å². The number of nitrogens with one attached hydrogen (secondary N) is 1. The Morgan fingerprint density at radius 2 is 1.85 bits per heavy atom. The number of esters is 1. The highest BCUT2D eigenvalue weighted by Gasteiger charge is 2.13. The number of carbonyl (C=O) groups is 2. The minimum absolute atomic E-state index is 0.330. The minimum Gasteiger partial charge on any atom is -0.495 e. The van der Waals surface area contributed by atoms with Crippen LogP contribution in [-0.4, -0.2) is 32.2 Å². The van der Waals surface area contributed by atoms with Crippen molar-refractivity contribution in [2.75, 3.05) is 25.6 Å². The lowest BCUT2D eigenvalue weighted by Gasteiger charge is -2.11. The molecule has 0 fully saturated rings. The number of amides is 1. The Morgan fingerprint density at radius 1 is 1.08 bits per heavy atom. The fraction of sp³-hybridized carbons (Fsp3) is 0.300. The van der Waals surface area contributed by atoms with E-state index in [1.807, 2.05) is 13.8 Å². The van der Waals surface area contributed by atoms with Crippen molar-refractivity contribution < 1.29 is 23.8 Å². The summed E-state index contributed by atoms with van der Waals surface area (Å²) in [6.45, 7) is 4.24. The molecule has 0 aliphatic rings. The zero-order valence-corrected chi connectivity index (χ0v) is 15.2. The molecule has 26 heavy (non-hydrogen) atoms. The van der Waals surface area contributed by atoms with Gasteiger partial charge in [-0.2, -0.15) is 0 Å². The van der Waals surface area contributed by atoms with Crippen LogP contribution in [0.2, 0.25) is 0 Å². The summed E-state index contributed by atoms with van der Waals surface area (Å²) in [5.74, 6) is 0.461. The van der Waals surface area contributed by atoms with E-state index in [1.54, 1.807) is 48.5 Å². The van der Waals surface area contributed by atoms with Crippen molar-refractivity contribution in [3.63, 3.8) is 0 Å². The van der Waals surface area contributed by atoms with E-state index in [-0.39, 0.29) is 0 Å². The van der Waals surface area contributed by atoms with Crippen molar-refractivity contribution in [1.29, 1.82) is 0 Å². The molecule has 0 atom stereocenters. The summed E-state index contributed by atoms with van der Waals surface area (Å²) in [5, 5.41) is 2.65. The number of hydrogen-bond donors (Lipinski definition) is 1. The fourth-order valence-electron chi connectivity index (χ4n) is 2.12. The third kappa shape index (κ3) is 5.81. The average Bonchev–Trinajstić information content (AvgIpc) is 2.65. The zero-order valence-electron chi connectivity index (χ0n) is 15.2. The summed E-state index contributed by atoms with van der Waals surface area (Å²) in [4.78, 5) is 24.1. The maximum Gasteiger partial charge on any atom is 0.338 e. The first-order valence-electron chi connectivity index (χ1n) is 8.32. The molecule has 0 aromatic heterocycles. The van der Waals surface area contributed by atoms with Gasteiger partial charge in [0.05, 0.1) is 25.0 Å². The van der Waals surface area contributed by atoms with Crippen LogP contribution in [0.25, 0.3) is 0 Å². The lowest BCUT2D eigenvalue weighted by molar-refractivity contribution is -0.119. The number of ether oxygens (including phenoxy) is 3. The van der Waals surface area contributed by atoms with Crippen molar-refractivity contribution in [2.45, 2.75) is 13.8 Å². The number of carbonyl (C=O) groups excluding carboxylic acids is 2. The summed E-state index contributed by atoms with van der Waals surface area (Å²) < 4.78 is 15.8. The van der Waals surface area contributed by atoms with E-state index in [2.05, 4.69) is 5.32 Å². The second-order valence-corrected chi connectivity index (χ2v) is 6.06. The Balaban J connectivity index is 1.89. The van der Waals surface area contributed by atoms with Gasteiger partial charge < -0.3 is 19.5 Å².